The zero-order chi connectivity index (χ0) is 18.5. The third-order valence-corrected chi connectivity index (χ3v) is 5.96. The van der Waals surface area contributed by atoms with Crippen LogP contribution in [0, 0.1) is 5.82 Å². The van der Waals surface area contributed by atoms with E-state index in [1.165, 1.54) is 44.5 Å². The molecule has 2 aliphatic rings. The van der Waals surface area contributed by atoms with E-state index in [4.69, 9.17) is 4.74 Å². The van der Waals surface area contributed by atoms with E-state index >= 15 is 0 Å². The van der Waals surface area contributed by atoms with E-state index in [0.29, 0.717) is 0 Å². The molecule has 3 heterocycles. The Bertz CT molecular complexity index is 718. The predicted octanol–water partition coefficient (Wildman–Crippen LogP) is 3.14. The number of rotatable bonds is 6. The number of nitrogens with zero attached hydrogens (tertiary/aromatic N) is 3. The third-order valence-electron chi connectivity index (χ3n) is 5.96. The van der Waals surface area contributed by atoms with Crippen molar-refractivity contribution in [3.05, 3.63) is 48.0 Å². The number of nitrogens with one attached hydrogen (secondary N) is 1. The van der Waals surface area contributed by atoms with Gasteiger partial charge < -0.3 is 10.1 Å². The fraction of sp³-hybridized carbons (Fsp3) is 0.571. The Morgan fingerprint density at radius 1 is 1.07 bits per heavy atom. The first-order valence-electron chi connectivity index (χ1n) is 10.1. The molecule has 0 bridgehead atoms. The Kier molecular flexibility index (Phi) is 5.86. The number of halogens is 1. The van der Waals surface area contributed by atoms with Crippen molar-refractivity contribution < 1.29 is 9.13 Å². The number of hydrogen-bond donors (Lipinski definition) is 1. The molecule has 4 rings (SSSR count). The number of benzene rings is 1. The Balaban J connectivity index is 1.37. The van der Waals surface area contributed by atoms with E-state index in [1.54, 1.807) is 16.8 Å². The maximum atomic E-state index is 13.1. The van der Waals surface area contributed by atoms with Crippen LogP contribution in [-0.4, -0.2) is 53.1 Å². The van der Waals surface area contributed by atoms with Gasteiger partial charge in [0.25, 0.3) is 0 Å². The summed E-state index contributed by atoms with van der Waals surface area (Å²) in [6.45, 7) is 5.92. The van der Waals surface area contributed by atoms with Crippen LogP contribution in [0.5, 0.6) is 0 Å². The lowest BCUT2D eigenvalue weighted by Gasteiger charge is -2.48. The van der Waals surface area contributed by atoms with E-state index in [2.05, 4.69) is 15.3 Å². The van der Waals surface area contributed by atoms with Crippen LogP contribution in [0.2, 0.25) is 0 Å². The molecule has 0 radical (unpaired) electrons. The summed E-state index contributed by atoms with van der Waals surface area (Å²) in [5.41, 5.74) is 2.24. The number of aromatic nitrogens is 2. The average molecular weight is 372 g/mol. The molecule has 1 aromatic carbocycles. The topological polar surface area (TPSA) is 42.3 Å². The fourth-order valence-corrected chi connectivity index (χ4v) is 4.35. The van der Waals surface area contributed by atoms with Crippen LogP contribution in [0.4, 0.5) is 4.39 Å². The molecule has 146 valence electrons. The summed E-state index contributed by atoms with van der Waals surface area (Å²) in [6.07, 6.45) is 10.1. The van der Waals surface area contributed by atoms with Crippen molar-refractivity contribution in [2.75, 3.05) is 32.8 Å². The van der Waals surface area contributed by atoms with E-state index in [9.17, 15) is 4.39 Å². The van der Waals surface area contributed by atoms with Crippen molar-refractivity contribution in [2.45, 2.75) is 44.2 Å². The van der Waals surface area contributed by atoms with Crippen LogP contribution in [0.1, 0.15) is 37.7 Å². The zero-order valence-corrected chi connectivity index (χ0v) is 15.9. The van der Waals surface area contributed by atoms with Crippen LogP contribution in [0.3, 0.4) is 0 Å². The first kappa shape index (κ1) is 18.6. The summed E-state index contributed by atoms with van der Waals surface area (Å²) in [4.78, 5) is 2.70. The van der Waals surface area contributed by atoms with Gasteiger partial charge in [-0.25, -0.2) is 9.07 Å². The first-order chi connectivity index (χ1) is 13.3. The van der Waals surface area contributed by atoms with Crippen LogP contribution < -0.4 is 5.32 Å². The van der Waals surface area contributed by atoms with Gasteiger partial charge in [-0.3, -0.25) is 4.90 Å². The minimum absolute atomic E-state index is 0.228. The average Bonchev–Trinajstić information content (AvgIpc) is 3.19. The lowest BCUT2D eigenvalue weighted by atomic mass is 9.86. The van der Waals surface area contributed by atoms with Gasteiger partial charge in [0.2, 0.25) is 0 Å². The Morgan fingerprint density at radius 3 is 2.56 bits per heavy atom. The molecule has 27 heavy (non-hydrogen) atoms. The highest BCUT2D eigenvalue weighted by Crippen LogP contribution is 2.30. The third kappa shape index (κ3) is 4.39. The second-order valence-corrected chi connectivity index (χ2v) is 7.76. The molecule has 0 spiro atoms. The predicted molar refractivity (Wildman–Crippen MR) is 103 cm³/mol. The minimum Gasteiger partial charge on any atom is -0.381 e. The van der Waals surface area contributed by atoms with E-state index in [-0.39, 0.29) is 11.4 Å². The highest BCUT2D eigenvalue weighted by atomic mass is 19.1. The molecule has 0 unspecified atom stereocenters. The Hall–Kier alpha value is -1.76. The quantitative estimate of drug-likeness (QED) is 0.846. The molecule has 2 aromatic rings. The second-order valence-electron chi connectivity index (χ2n) is 7.76. The van der Waals surface area contributed by atoms with Gasteiger partial charge >= 0.3 is 0 Å². The maximum absolute atomic E-state index is 13.1. The summed E-state index contributed by atoms with van der Waals surface area (Å²) in [7, 11) is 0. The monoisotopic (exact) mass is 372 g/mol. The molecule has 0 saturated carbocycles. The molecular formula is C21H29FN4O. The second kappa shape index (κ2) is 8.50. The highest BCUT2D eigenvalue weighted by Gasteiger charge is 2.38. The summed E-state index contributed by atoms with van der Waals surface area (Å²) in [5, 5.41) is 8.09. The molecule has 1 aromatic heterocycles. The van der Waals surface area contributed by atoms with Gasteiger partial charge in [-0.15, -0.1) is 0 Å². The zero-order valence-electron chi connectivity index (χ0n) is 15.9. The number of ether oxygens (including phenoxy) is 1. The standard InChI is InChI=1S/C21H29FN4O/c22-19-4-6-20(7-5-19)26-16-18(15-24-26)14-23-17-21(8-12-27-13-9-21)25-10-2-1-3-11-25/h4-7,15-16,23H,1-3,8-14,17H2. The van der Waals surface area contributed by atoms with Crippen molar-refractivity contribution in [1.82, 2.24) is 20.0 Å². The van der Waals surface area contributed by atoms with E-state index in [1.807, 2.05) is 12.4 Å². The molecule has 1 N–H and O–H groups in total. The number of hydrogen-bond acceptors (Lipinski definition) is 4. The Labute approximate surface area is 160 Å². The van der Waals surface area contributed by atoms with Gasteiger partial charge in [-0.2, -0.15) is 5.10 Å². The molecule has 2 aliphatic heterocycles. The summed E-state index contributed by atoms with van der Waals surface area (Å²) >= 11 is 0. The van der Waals surface area contributed by atoms with Crippen molar-refractivity contribution in [3.8, 4) is 5.69 Å². The van der Waals surface area contributed by atoms with Crippen LogP contribution in [0.25, 0.3) is 5.69 Å². The van der Waals surface area contributed by atoms with Crippen LogP contribution >= 0.6 is 0 Å². The van der Waals surface area contributed by atoms with E-state index < -0.39 is 0 Å². The van der Waals surface area contributed by atoms with Gasteiger partial charge in [0.1, 0.15) is 5.82 Å². The van der Waals surface area contributed by atoms with Crippen molar-refractivity contribution in [3.63, 3.8) is 0 Å². The van der Waals surface area contributed by atoms with Crippen molar-refractivity contribution in [2.24, 2.45) is 0 Å². The lowest BCUT2D eigenvalue weighted by Crippen LogP contribution is -2.59. The van der Waals surface area contributed by atoms with Gasteiger partial charge in [0.15, 0.2) is 0 Å². The van der Waals surface area contributed by atoms with Crippen LogP contribution in [-0.2, 0) is 11.3 Å². The molecule has 0 atom stereocenters. The maximum Gasteiger partial charge on any atom is 0.123 e. The van der Waals surface area contributed by atoms with Crippen molar-refractivity contribution in [1.29, 1.82) is 0 Å². The molecule has 6 heteroatoms. The highest BCUT2D eigenvalue weighted by molar-refractivity contribution is 5.31. The molecular weight excluding hydrogens is 343 g/mol. The molecule has 5 nitrogen and oxygen atoms in total. The van der Waals surface area contributed by atoms with Gasteiger partial charge in [-0.1, -0.05) is 6.42 Å². The first-order valence-corrected chi connectivity index (χ1v) is 10.1. The molecule has 2 saturated heterocycles. The van der Waals surface area contributed by atoms with Crippen LogP contribution in [0.15, 0.2) is 36.7 Å². The summed E-state index contributed by atoms with van der Waals surface area (Å²) < 4.78 is 20.5. The van der Waals surface area contributed by atoms with Gasteiger partial charge in [-0.05, 0) is 63.0 Å². The lowest BCUT2D eigenvalue weighted by molar-refractivity contribution is -0.0358. The SMILES string of the molecule is Fc1ccc(-n2cc(CNCC3(N4CCCCC4)CCOCC3)cn2)cc1. The normalized spacial score (nSPS) is 20.6. The van der Waals surface area contributed by atoms with Gasteiger partial charge in [0.05, 0.1) is 11.9 Å². The largest absolute Gasteiger partial charge is 0.381 e. The fourth-order valence-electron chi connectivity index (χ4n) is 4.35. The molecule has 0 aliphatic carbocycles. The smallest absolute Gasteiger partial charge is 0.123 e. The molecule has 2 fully saturated rings. The summed E-state index contributed by atoms with van der Waals surface area (Å²) in [5.74, 6) is -0.229. The minimum atomic E-state index is -0.229. The van der Waals surface area contributed by atoms with Gasteiger partial charge in [0, 0.05) is 43.6 Å². The van der Waals surface area contributed by atoms with E-state index in [0.717, 1.165) is 50.4 Å². The Morgan fingerprint density at radius 2 is 1.81 bits per heavy atom. The molecule has 0 amide bonds. The summed E-state index contributed by atoms with van der Waals surface area (Å²) in [6, 6.07) is 6.41. The van der Waals surface area contributed by atoms with Crippen molar-refractivity contribution >= 4 is 0 Å². The number of piperidine rings is 1. The number of likely N-dealkylation sites (tertiary alicyclic amines) is 1.